The van der Waals surface area contributed by atoms with Crippen molar-refractivity contribution < 1.29 is 32.9 Å². The van der Waals surface area contributed by atoms with Crippen molar-refractivity contribution in [2.45, 2.75) is 39.3 Å². The van der Waals surface area contributed by atoms with E-state index in [1.807, 2.05) is 0 Å². The largest absolute Gasteiger partial charge is 0.573 e. The maximum absolute atomic E-state index is 13.1. The molecule has 1 aliphatic heterocycles. The zero-order valence-electron chi connectivity index (χ0n) is 23.2. The minimum atomic E-state index is -4.79. The van der Waals surface area contributed by atoms with E-state index in [1.165, 1.54) is 56.4 Å². The van der Waals surface area contributed by atoms with E-state index in [0.29, 0.717) is 27.9 Å². The van der Waals surface area contributed by atoms with Gasteiger partial charge in [0.15, 0.2) is 0 Å². The van der Waals surface area contributed by atoms with E-state index in [2.05, 4.69) is 15.0 Å². The number of nitrogens with one attached hydrogen (secondary N) is 1. The second-order valence-electron chi connectivity index (χ2n) is 7.92. The van der Waals surface area contributed by atoms with Crippen LogP contribution in [-0.4, -0.2) is 42.5 Å². The molecule has 0 bridgehead atoms. The number of hydrogen-bond donors (Lipinski definition) is 1. The first-order valence-corrected chi connectivity index (χ1v) is 10.8. The number of morpholine rings is 1. The highest BCUT2D eigenvalue weighted by Gasteiger charge is 2.31. The molecule has 2 atom stereocenters. The van der Waals surface area contributed by atoms with Gasteiger partial charge >= 0.3 is 6.36 Å². The molecule has 1 aromatic heterocycles. The molecule has 9 heteroatoms. The summed E-state index contributed by atoms with van der Waals surface area (Å²) in [6.45, 7) is 0.407. The van der Waals surface area contributed by atoms with Gasteiger partial charge in [0.25, 0.3) is 5.91 Å². The first kappa shape index (κ1) is 19.7. The van der Waals surface area contributed by atoms with E-state index in [4.69, 9.17) is 10.2 Å². The highest BCUT2D eigenvalue weighted by atomic mass is 19.4. The molecule has 6 nitrogen and oxygen atoms in total. The number of amides is 1. The summed E-state index contributed by atoms with van der Waals surface area (Å²) >= 11 is 0. The lowest BCUT2D eigenvalue weighted by Crippen LogP contribution is -2.45. The molecule has 0 unspecified atom stereocenters. The number of alkyl halides is 3. The van der Waals surface area contributed by atoms with Crippen LogP contribution >= 0.6 is 0 Å². The van der Waals surface area contributed by atoms with Crippen molar-refractivity contribution in [1.29, 1.82) is 0 Å². The Kier molecular flexibility index (Phi) is 5.60. The molecular formula is C26H26F3N3O3. The molecule has 0 saturated carbocycles. The third kappa shape index (κ3) is 6.10. The molecule has 0 spiro atoms. The molecule has 2 aromatic carbocycles. The summed E-state index contributed by atoms with van der Waals surface area (Å²) in [7, 11) is 0. The summed E-state index contributed by atoms with van der Waals surface area (Å²) < 4.78 is 80.2. The monoisotopic (exact) mass is 489 g/mol. The molecule has 1 fully saturated rings. The number of hydrogen-bond acceptors (Lipinski definition) is 5. The van der Waals surface area contributed by atoms with Crippen molar-refractivity contribution in [2.24, 2.45) is 0 Å². The van der Waals surface area contributed by atoms with Gasteiger partial charge in [-0.15, -0.1) is 13.2 Å². The van der Waals surface area contributed by atoms with Crippen molar-refractivity contribution in [3.8, 4) is 16.9 Å². The molecule has 1 saturated heterocycles. The molecule has 1 amide bonds. The molecule has 1 N–H and O–H groups in total. The topological polar surface area (TPSA) is 63.7 Å². The third-order valence-electron chi connectivity index (χ3n) is 5.24. The number of halogens is 3. The molecular weight excluding hydrogens is 459 g/mol. The van der Waals surface area contributed by atoms with Gasteiger partial charge in [-0.3, -0.25) is 4.79 Å². The summed E-state index contributed by atoms with van der Waals surface area (Å²) in [4.78, 5) is 18.2. The van der Waals surface area contributed by atoms with Crippen molar-refractivity contribution in [1.82, 2.24) is 4.98 Å². The van der Waals surface area contributed by atoms with Gasteiger partial charge in [0.2, 0.25) is 0 Å². The lowest BCUT2D eigenvalue weighted by Gasteiger charge is -2.36. The Morgan fingerprint density at radius 2 is 1.80 bits per heavy atom. The lowest BCUT2D eigenvalue weighted by molar-refractivity contribution is -0.274. The van der Waals surface area contributed by atoms with Gasteiger partial charge in [-0.05, 0) is 67.8 Å². The maximum atomic E-state index is 13.1. The zero-order valence-corrected chi connectivity index (χ0v) is 19.2. The Morgan fingerprint density at radius 1 is 1.11 bits per heavy atom. The highest BCUT2D eigenvalue weighted by molar-refractivity contribution is 6.06. The molecule has 4 rings (SSSR count). The van der Waals surface area contributed by atoms with Crippen molar-refractivity contribution in [3.05, 3.63) is 71.9 Å². The molecule has 2 heterocycles. The maximum Gasteiger partial charge on any atom is 0.573 e. The molecule has 0 radical (unpaired) electrons. The van der Waals surface area contributed by atoms with Crippen molar-refractivity contribution in [2.75, 3.05) is 23.2 Å². The van der Waals surface area contributed by atoms with Crippen LogP contribution in [0.4, 0.5) is 24.7 Å². The number of anilines is 2. The van der Waals surface area contributed by atoms with Crippen LogP contribution in [0.2, 0.25) is 0 Å². The summed E-state index contributed by atoms with van der Waals surface area (Å²) in [6, 6.07) is 13.3. The van der Waals surface area contributed by atoms with Crippen LogP contribution in [0.1, 0.15) is 35.3 Å². The lowest BCUT2D eigenvalue weighted by atomic mass is 9.96. The van der Waals surface area contributed by atoms with E-state index in [9.17, 15) is 18.0 Å². The van der Waals surface area contributed by atoms with Crippen LogP contribution < -0.4 is 15.0 Å². The number of aromatic nitrogens is 1. The first-order valence-electron chi connectivity index (χ1n) is 12.8. The van der Waals surface area contributed by atoms with E-state index in [0.717, 1.165) is 4.90 Å². The Bertz CT molecular complexity index is 1330. The Labute approximate surface area is 207 Å². The van der Waals surface area contributed by atoms with Crippen LogP contribution in [0, 0.1) is 6.92 Å². The number of benzene rings is 2. The Morgan fingerprint density at radius 3 is 2.40 bits per heavy atom. The van der Waals surface area contributed by atoms with Crippen LogP contribution in [0.15, 0.2) is 60.8 Å². The SMILES string of the molecule is [2H]C1([2H])[C@H](C)O[C@H](C)C([2H])([2H])N1c1ccc(NC(=O)c2cccc(-c3ccc(OC(F)(F)F)cc3)c2C)cn1. The van der Waals surface area contributed by atoms with Gasteiger partial charge < -0.3 is 19.7 Å². The number of nitrogens with zero attached hydrogens (tertiary/aromatic N) is 2. The van der Waals surface area contributed by atoms with E-state index < -0.39 is 37.5 Å². The minimum absolute atomic E-state index is 0.0427. The summed E-state index contributed by atoms with van der Waals surface area (Å²) in [5.41, 5.74) is 2.48. The van der Waals surface area contributed by atoms with E-state index >= 15 is 0 Å². The summed E-state index contributed by atoms with van der Waals surface area (Å²) in [5.74, 6) is -0.766. The van der Waals surface area contributed by atoms with Gasteiger partial charge in [0.1, 0.15) is 11.6 Å². The average Bonchev–Trinajstić information content (AvgIpc) is 2.84. The molecule has 0 aliphatic carbocycles. The van der Waals surface area contributed by atoms with E-state index in [1.54, 1.807) is 25.1 Å². The summed E-state index contributed by atoms with van der Waals surface area (Å²) in [5, 5.41) is 2.72. The number of pyridine rings is 1. The van der Waals surface area contributed by atoms with Gasteiger partial charge in [0.05, 0.1) is 29.6 Å². The van der Waals surface area contributed by atoms with Crippen molar-refractivity contribution in [3.63, 3.8) is 0 Å². The number of carbonyl (C=O) groups excluding carboxylic acids is 1. The van der Waals surface area contributed by atoms with Gasteiger partial charge in [-0.2, -0.15) is 0 Å². The molecule has 1 aliphatic rings. The van der Waals surface area contributed by atoms with Crippen LogP contribution in [0.5, 0.6) is 5.75 Å². The smallest absolute Gasteiger partial charge is 0.406 e. The van der Waals surface area contributed by atoms with Gasteiger partial charge in [0, 0.05) is 18.6 Å². The standard InChI is InChI=1S/C26H26F3N3O3/c1-16-14-32(15-17(2)34-16)24-12-9-20(13-30-24)31-25(33)23-6-4-5-22(18(23)3)19-7-10-21(11-8-19)35-26(27,28)29/h4-13,16-17H,14-15H2,1-3H3,(H,31,33)/t16-,17+/i14D2,15D2. The molecule has 184 valence electrons. The second kappa shape index (κ2) is 9.95. The summed E-state index contributed by atoms with van der Waals surface area (Å²) in [6.07, 6.45) is -5.32. The predicted octanol–water partition coefficient (Wildman–Crippen LogP) is 5.82. The van der Waals surface area contributed by atoms with E-state index in [-0.39, 0.29) is 11.6 Å². The minimum Gasteiger partial charge on any atom is -0.406 e. The number of ether oxygens (including phenoxy) is 2. The fraction of sp³-hybridized carbons (Fsp3) is 0.308. The molecule has 3 aromatic rings. The predicted molar refractivity (Wildman–Crippen MR) is 128 cm³/mol. The van der Waals surface area contributed by atoms with Crippen molar-refractivity contribution >= 4 is 17.4 Å². The number of carbonyl (C=O) groups is 1. The quantitative estimate of drug-likeness (QED) is 0.489. The second-order valence-corrected chi connectivity index (χ2v) is 7.92. The number of rotatable bonds is 5. The van der Waals surface area contributed by atoms with Crippen LogP contribution in [-0.2, 0) is 4.74 Å². The normalized spacial score (nSPS) is 22.9. The zero-order chi connectivity index (χ0) is 28.8. The van der Waals surface area contributed by atoms with Gasteiger partial charge in [-0.1, -0.05) is 24.3 Å². The van der Waals surface area contributed by atoms with Crippen LogP contribution in [0.25, 0.3) is 11.1 Å². The highest BCUT2D eigenvalue weighted by Crippen LogP contribution is 2.30. The first-order chi connectivity index (χ1) is 18.1. The Balaban J connectivity index is 1.54. The fourth-order valence-electron chi connectivity index (χ4n) is 3.72. The molecule has 35 heavy (non-hydrogen) atoms. The Hall–Kier alpha value is -3.59. The average molecular weight is 490 g/mol. The van der Waals surface area contributed by atoms with Crippen LogP contribution in [0.3, 0.4) is 0 Å². The fourth-order valence-corrected chi connectivity index (χ4v) is 3.72. The third-order valence-corrected chi connectivity index (χ3v) is 5.24. The van der Waals surface area contributed by atoms with Gasteiger partial charge in [-0.25, -0.2) is 4.98 Å².